The molecule has 0 aliphatic carbocycles. The molecular formula is C14H19N3O3. The molecule has 2 amide bonds. The number of carbonyl (C=O) groups excluding carboxylic acids is 2. The summed E-state index contributed by atoms with van der Waals surface area (Å²) in [6.45, 7) is 4.98. The highest BCUT2D eigenvalue weighted by Gasteiger charge is 2.41. The number of rotatable bonds is 3. The fourth-order valence-electron chi connectivity index (χ4n) is 2.18. The summed E-state index contributed by atoms with van der Waals surface area (Å²) in [6, 6.07) is 5.19. The van der Waals surface area contributed by atoms with Gasteiger partial charge in [0.2, 0.25) is 5.91 Å². The predicted molar refractivity (Wildman–Crippen MR) is 75.3 cm³/mol. The molecule has 4 N–H and O–H groups in total. The summed E-state index contributed by atoms with van der Waals surface area (Å²) in [5.41, 5.74) is 11.4. The Hall–Kier alpha value is -2.08. The molecule has 0 fully saturated rings. The first-order valence-corrected chi connectivity index (χ1v) is 6.41. The molecule has 1 heterocycles. The Morgan fingerprint density at radius 1 is 1.45 bits per heavy atom. The zero-order chi connectivity index (χ0) is 15.1. The lowest BCUT2D eigenvalue weighted by Crippen LogP contribution is -2.54. The van der Waals surface area contributed by atoms with Crippen LogP contribution in [-0.4, -0.2) is 24.0 Å². The average Bonchev–Trinajstić information content (AvgIpc) is 2.33. The third-order valence-corrected chi connectivity index (χ3v) is 3.24. The van der Waals surface area contributed by atoms with Crippen molar-refractivity contribution in [2.24, 2.45) is 11.5 Å². The number of nitrogens with two attached hydrogens (primary N) is 2. The minimum Gasteiger partial charge on any atom is -0.476 e. The Kier molecular flexibility index (Phi) is 3.43. The van der Waals surface area contributed by atoms with Crippen LogP contribution in [0.1, 0.15) is 32.4 Å². The van der Waals surface area contributed by atoms with Crippen LogP contribution in [0, 0.1) is 0 Å². The molecule has 1 aromatic rings. The van der Waals surface area contributed by atoms with E-state index in [1.54, 1.807) is 26.0 Å². The van der Waals surface area contributed by atoms with Gasteiger partial charge in [0.25, 0.3) is 5.91 Å². The molecule has 108 valence electrons. The van der Waals surface area contributed by atoms with Crippen molar-refractivity contribution in [2.45, 2.75) is 32.4 Å². The van der Waals surface area contributed by atoms with E-state index in [2.05, 4.69) is 0 Å². The number of fused-ring (bicyclic) bond motifs is 1. The first kappa shape index (κ1) is 14.3. The van der Waals surface area contributed by atoms with E-state index in [1.807, 2.05) is 13.0 Å². The van der Waals surface area contributed by atoms with Gasteiger partial charge in [-0.1, -0.05) is 6.07 Å². The molecule has 1 aromatic carbocycles. The van der Waals surface area contributed by atoms with Crippen LogP contribution in [0.3, 0.4) is 0 Å². The van der Waals surface area contributed by atoms with E-state index in [1.165, 1.54) is 4.90 Å². The van der Waals surface area contributed by atoms with Gasteiger partial charge in [0.05, 0.1) is 5.69 Å². The molecule has 0 spiro atoms. The van der Waals surface area contributed by atoms with Crippen LogP contribution in [0.15, 0.2) is 18.2 Å². The molecule has 1 atom stereocenters. The van der Waals surface area contributed by atoms with Crippen molar-refractivity contribution in [2.75, 3.05) is 11.4 Å². The summed E-state index contributed by atoms with van der Waals surface area (Å²) in [5, 5.41) is 0. The number of carbonyl (C=O) groups is 2. The van der Waals surface area contributed by atoms with E-state index in [9.17, 15) is 9.59 Å². The smallest absolute Gasteiger partial charge is 0.271 e. The molecule has 0 radical (unpaired) electrons. The number of ether oxygens (including phenoxy) is 1. The second-order valence-corrected chi connectivity index (χ2v) is 5.49. The lowest BCUT2D eigenvalue weighted by atomic mass is 10.0. The molecule has 0 bridgehead atoms. The average molecular weight is 277 g/mol. The predicted octanol–water partition coefficient (Wildman–Crippen LogP) is 0.696. The second kappa shape index (κ2) is 4.79. The van der Waals surface area contributed by atoms with Crippen molar-refractivity contribution in [1.29, 1.82) is 0 Å². The zero-order valence-electron chi connectivity index (χ0n) is 11.8. The van der Waals surface area contributed by atoms with Crippen molar-refractivity contribution in [3.8, 4) is 5.75 Å². The van der Waals surface area contributed by atoms with Gasteiger partial charge in [0.1, 0.15) is 12.3 Å². The lowest BCUT2D eigenvalue weighted by molar-refractivity contribution is -0.133. The minimum atomic E-state index is -1.03. The summed E-state index contributed by atoms with van der Waals surface area (Å²) in [6.07, 6.45) is 0. The van der Waals surface area contributed by atoms with Crippen molar-refractivity contribution < 1.29 is 14.3 Å². The van der Waals surface area contributed by atoms with Crippen molar-refractivity contribution in [3.63, 3.8) is 0 Å². The van der Waals surface area contributed by atoms with E-state index >= 15 is 0 Å². The summed E-state index contributed by atoms with van der Waals surface area (Å²) >= 11 is 0. The van der Waals surface area contributed by atoms with Gasteiger partial charge in [-0.25, -0.2) is 0 Å². The van der Waals surface area contributed by atoms with Crippen LogP contribution in [0.4, 0.5) is 5.69 Å². The quantitative estimate of drug-likeness (QED) is 0.849. The number of benzene rings is 1. The molecule has 1 aliphatic rings. The lowest BCUT2D eigenvalue weighted by Gasteiger charge is -2.38. The first-order chi connectivity index (χ1) is 9.22. The van der Waals surface area contributed by atoms with Gasteiger partial charge >= 0.3 is 0 Å². The summed E-state index contributed by atoms with van der Waals surface area (Å²) in [7, 11) is 0. The Bertz CT molecular complexity index is 567. The number of primary amides is 1. The van der Waals surface area contributed by atoms with Gasteiger partial charge in [-0.15, -0.1) is 0 Å². The van der Waals surface area contributed by atoms with Gasteiger partial charge in [0, 0.05) is 6.04 Å². The maximum absolute atomic E-state index is 12.4. The molecule has 0 saturated carbocycles. The maximum Gasteiger partial charge on any atom is 0.271 e. The molecular weight excluding hydrogens is 258 g/mol. The van der Waals surface area contributed by atoms with Crippen molar-refractivity contribution in [3.05, 3.63) is 23.8 Å². The van der Waals surface area contributed by atoms with Crippen LogP contribution in [0.25, 0.3) is 0 Å². The maximum atomic E-state index is 12.4. The topological polar surface area (TPSA) is 98.6 Å². The van der Waals surface area contributed by atoms with E-state index in [-0.39, 0.29) is 18.5 Å². The summed E-state index contributed by atoms with van der Waals surface area (Å²) in [5.74, 6) is -0.334. The number of hydrogen-bond donors (Lipinski definition) is 2. The van der Waals surface area contributed by atoms with Crippen LogP contribution in [-0.2, 0) is 9.59 Å². The zero-order valence-corrected chi connectivity index (χ0v) is 11.8. The molecule has 2 rings (SSSR count). The highest BCUT2D eigenvalue weighted by molar-refractivity contribution is 6.05. The summed E-state index contributed by atoms with van der Waals surface area (Å²) < 4.78 is 5.69. The first-order valence-electron chi connectivity index (χ1n) is 6.41. The van der Waals surface area contributed by atoms with E-state index in [0.29, 0.717) is 11.4 Å². The third kappa shape index (κ3) is 2.46. The van der Waals surface area contributed by atoms with Gasteiger partial charge in [-0.05, 0) is 38.5 Å². The fraction of sp³-hybridized carbons (Fsp3) is 0.429. The van der Waals surface area contributed by atoms with Gasteiger partial charge < -0.3 is 16.2 Å². The highest BCUT2D eigenvalue weighted by atomic mass is 16.5. The Morgan fingerprint density at radius 3 is 2.65 bits per heavy atom. The van der Waals surface area contributed by atoms with Crippen LogP contribution in [0.2, 0.25) is 0 Å². The number of amides is 2. The molecule has 1 unspecified atom stereocenters. The standard InChI is InChI=1S/C14H19N3O3/c1-8(15)9-4-5-11-10(6-9)17(7-12(16)18)13(19)14(2,3)20-11/h4-6,8H,7,15H2,1-3H3,(H2,16,18). The van der Waals surface area contributed by atoms with E-state index < -0.39 is 11.5 Å². The number of anilines is 1. The van der Waals surface area contributed by atoms with E-state index in [0.717, 1.165) is 5.56 Å². The molecule has 0 aromatic heterocycles. The van der Waals surface area contributed by atoms with Gasteiger partial charge in [-0.2, -0.15) is 0 Å². The molecule has 6 heteroatoms. The van der Waals surface area contributed by atoms with Gasteiger partial charge in [0.15, 0.2) is 5.60 Å². The largest absolute Gasteiger partial charge is 0.476 e. The Morgan fingerprint density at radius 2 is 2.10 bits per heavy atom. The van der Waals surface area contributed by atoms with Crippen LogP contribution in [0.5, 0.6) is 5.75 Å². The summed E-state index contributed by atoms with van der Waals surface area (Å²) in [4.78, 5) is 25.0. The number of nitrogens with zero attached hydrogens (tertiary/aromatic N) is 1. The second-order valence-electron chi connectivity index (χ2n) is 5.49. The molecule has 0 saturated heterocycles. The molecule has 6 nitrogen and oxygen atoms in total. The highest BCUT2D eigenvalue weighted by Crippen LogP contribution is 2.38. The van der Waals surface area contributed by atoms with E-state index in [4.69, 9.17) is 16.2 Å². The fourth-order valence-corrected chi connectivity index (χ4v) is 2.18. The third-order valence-electron chi connectivity index (χ3n) is 3.24. The normalized spacial score (nSPS) is 18.2. The minimum absolute atomic E-state index is 0.180. The Labute approximate surface area is 117 Å². The van der Waals surface area contributed by atoms with Crippen molar-refractivity contribution in [1.82, 2.24) is 0 Å². The van der Waals surface area contributed by atoms with Gasteiger partial charge in [-0.3, -0.25) is 14.5 Å². The van der Waals surface area contributed by atoms with Crippen molar-refractivity contribution >= 4 is 17.5 Å². The van der Waals surface area contributed by atoms with Crippen LogP contribution < -0.4 is 21.1 Å². The molecule has 1 aliphatic heterocycles. The number of hydrogen-bond acceptors (Lipinski definition) is 4. The monoisotopic (exact) mass is 277 g/mol. The molecule has 20 heavy (non-hydrogen) atoms. The Balaban J connectivity index is 2.53. The SMILES string of the molecule is CC(N)c1ccc2c(c1)N(CC(N)=O)C(=O)C(C)(C)O2. The van der Waals surface area contributed by atoms with Crippen LogP contribution >= 0.6 is 0 Å².